The van der Waals surface area contributed by atoms with Crippen LogP contribution in [0.3, 0.4) is 0 Å². The van der Waals surface area contributed by atoms with Gasteiger partial charge in [-0.25, -0.2) is 0 Å². The second kappa shape index (κ2) is 3.71. The Balaban J connectivity index is 2.34. The van der Waals surface area contributed by atoms with Crippen molar-refractivity contribution in [2.45, 2.75) is 19.3 Å². The maximum Gasteiger partial charge on any atom is 0.115 e. The molecule has 1 saturated heterocycles. The van der Waals surface area contributed by atoms with Gasteiger partial charge >= 0.3 is 0 Å². The zero-order valence-corrected chi connectivity index (χ0v) is 9.06. The van der Waals surface area contributed by atoms with Gasteiger partial charge in [0.25, 0.3) is 0 Å². The molecule has 0 spiro atoms. The van der Waals surface area contributed by atoms with E-state index in [4.69, 9.17) is 9.15 Å². The van der Waals surface area contributed by atoms with Crippen LogP contribution in [-0.4, -0.2) is 13.2 Å². The van der Waals surface area contributed by atoms with E-state index in [0.29, 0.717) is 19.1 Å². The molecule has 0 radical (unpaired) electrons. The van der Waals surface area contributed by atoms with E-state index < -0.39 is 0 Å². The lowest BCUT2D eigenvalue weighted by atomic mass is 9.68. The van der Waals surface area contributed by atoms with Gasteiger partial charge in [-0.05, 0) is 18.1 Å². The van der Waals surface area contributed by atoms with Gasteiger partial charge in [-0.2, -0.15) is 5.26 Å². The van der Waals surface area contributed by atoms with E-state index >= 15 is 0 Å². The first-order valence-corrected chi connectivity index (χ1v) is 5.22. The third kappa shape index (κ3) is 1.46. The summed E-state index contributed by atoms with van der Waals surface area (Å²) < 4.78 is 10.7. The Kier molecular flexibility index (Phi) is 2.54. The van der Waals surface area contributed by atoms with Crippen LogP contribution in [0.15, 0.2) is 22.8 Å². The zero-order valence-electron chi connectivity index (χ0n) is 9.06. The van der Waals surface area contributed by atoms with Crippen LogP contribution in [0.25, 0.3) is 0 Å². The van der Waals surface area contributed by atoms with Crippen molar-refractivity contribution in [2.24, 2.45) is 11.8 Å². The van der Waals surface area contributed by atoms with E-state index in [0.717, 1.165) is 5.76 Å². The summed E-state index contributed by atoms with van der Waals surface area (Å²) >= 11 is 0. The molecule has 1 aliphatic rings. The Hall–Kier alpha value is -1.27. The molecule has 0 amide bonds. The first-order valence-electron chi connectivity index (χ1n) is 5.22. The maximum atomic E-state index is 9.25. The number of hydrogen-bond acceptors (Lipinski definition) is 3. The average Bonchev–Trinajstić information content (AvgIpc) is 2.62. The second-order valence-electron chi connectivity index (χ2n) is 4.48. The fourth-order valence-electron chi connectivity index (χ4n) is 2.27. The van der Waals surface area contributed by atoms with Gasteiger partial charge in [0.05, 0.1) is 36.9 Å². The van der Waals surface area contributed by atoms with Crippen LogP contribution in [0, 0.1) is 23.2 Å². The van der Waals surface area contributed by atoms with Crippen molar-refractivity contribution in [1.82, 2.24) is 0 Å². The monoisotopic (exact) mass is 205 g/mol. The van der Waals surface area contributed by atoms with Crippen LogP contribution in [0.4, 0.5) is 0 Å². The van der Waals surface area contributed by atoms with E-state index in [9.17, 15) is 5.26 Å². The smallest absolute Gasteiger partial charge is 0.115 e. The number of ether oxygens (including phenoxy) is 1. The van der Waals surface area contributed by atoms with Gasteiger partial charge in [-0.1, -0.05) is 13.8 Å². The molecule has 1 atom stereocenters. The lowest BCUT2D eigenvalue weighted by Crippen LogP contribution is -2.53. The van der Waals surface area contributed by atoms with Crippen LogP contribution in [-0.2, 0) is 10.2 Å². The highest BCUT2D eigenvalue weighted by molar-refractivity contribution is 5.23. The Morgan fingerprint density at radius 3 is 2.53 bits per heavy atom. The second-order valence-corrected chi connectivity index (χ2v) is 4.48. The Labute approximate surface area is 89.6 Å². The standard InChI is InChI=1S/C12H15NO2/c1-9(2)10(6-13)12(7-14-8-12)11-4-3-5-15-11/h3-5,9-10H,7-8H2,1-2H3. The van der Waals surface area contributed by atoms with E-state index in [1.165, 1.54) is 0 Å². The summed E-state index contributed by atoms with van der Waals surface area (Å²) in [7, 11) is 0. The molecule has 0 N–H and O–H groups in total. The molecule has 1 aromatic heterocycles. The van der Waals surface area contributed by atoms with Gasteiger partial charge in [0.1, 0.15) is 5.76 Å². The minimum Gasteiger partial charge on any atom is -0.469 e. The molecule has 1 unspecified atom stereocenters. The van der Waals surface area contributed by atoms with E-state index in [2.05, 4.69) is 19.9 Å². The first-order chi connectivity index (χ1) is 7.20. The highest BCUT2D eigenvalue weighted by atomic mass is 16.5. The molecular formula is C12H15NO2. The fourth-order valence-corrected chi connectivity index (χ4v) is 2.27. The molecular weight excluding hydrogens is 190 g/mol. The predicted octanol–water partition coefficient (Wildman–Crippen LogP) is 2.34. The van der Waals surface area contributed by atoms with Gasteiger partial charge in [0.2, 0.25) is 0 Å². The number of nitriles is 1. The topological polar surface area (TPSA) is 46.2 Å². The molecule has 0 aliphatic carbocycles. The molecule has 2 heterocycles. The summed E-state index contributed by atoms with van der Waals surface area (Å²) in [6, 6.07) is 6.20. The van der Waals surface area contributed by atoms with Gasteiger partial charge in [0.15, 0.2) is 0 Å². The van der Waals surface area contributed by atoms with Gasteiger partial charge in [-0.3, -0.25) is 0 Å². The molecule has 0 saturated carbocycles. The van der Waals surface area contributed by atoms with Crippen LogP contribution in [0.1, 0.15) is 19.6 Å². The lowest BCUT2D eigenvalue weighted by molar-refractivity contribution is -0.0974. The molecule has 2 rings (SSSR count). The molecule has 0 bridgehead atoms. The van der Waals surface area contributed by atoms with Gasteiger partial charge < -0.3 is 9.15 Å². The molecule has 1 fully saturated rings. The highest BCUT2D eigenvalue weighted by Crippen LogP contribution is 2.42. The van der Waals surface area contributed by atoms with Crippen LogP contribution < -0.4 is 0 Å². The normalized spacial score (nSPS) is 20.7. The molecule has 80 valence electrons. The van der Waals surface area contributed by atoms with E-state index in [1.54, 1.807) is 6.26 Å². The van der Waals surface area contributed by atoms with Gasteiger partial charge in [-0.15, -0.1) is 0 Å². The van der Waals surface area contributed by atoms with Crippen molar-refractivity contribution in [1.29, 1.82) is 5.26 Å². The molecule has 3 nitrogen and oxygen atoms in total. The van der Waals surface area contributed by atoms with Crippen LogP contribution in [0.2, 0.25) is 0 Å². The fraction of sp³-hybridized carbons (Fsp3) is 0.583. The number of hydrogen-bond donors (Lipinski definition) is 0. The van der Waals surface area contributed by atoms with Crippen LogP contribution >= 0.6 is 0 Å². The largest absolute Gasteiger partial charge is 0.469 e. The van der Waals surface area contributed by atoms with Gasteiger partial charge in [0, 0.05) is 0 Å². The first kappa shape index (κ1) is 10.3. The average molecular weight is 205 g/mol. The number of rotatable bonds is 3. The van der Waals surface area contributed by atoms with Crippen molar-refractivity contribution < 1.29 is 9.15 Å². The predicted molar refractivity (Wildman–Crippen MR) is 55.1 cm³/mol. The Morgan fingerprint density at radius 1 is 1.47 bits per heavy atom. The van der Waals surface area contributed by atoms with Crippen LogP contribution in [0.5, 0.6) is 0 Å². The maximum absolute atomic E-state index is 9.25. The van der Waals surface area contributed by atoms with Crippen molar-refractivity contribution in [3.05, 3.63) is 24.2 Å². The summed E-state index contributed by atoms with van der Waals surface area (Å²) in [4.78, 5) is 0. The quantitative estimate of drug-likeness (QED) is 0.760. The molecule has 15 heavy (non-hydrogen) atoms. The van der Waals surface area contributed by atoms with Crippen molar-refractivity contribution in [3.63, 3.8) is 0 Å². The minimum absolute atomic E-state index is 0.0441. The van der Waals surface area contributed by atoms with E-state index in [1.807, 2.05) is 12.1 Å². The molecule has 3 heteroatoms. The SMILES string of the molecule is CC(C)C(C#N)C1(c2ccco2)COC1. The lowest BCUT2D eigenvalue weighted by Gasteiger charge is -2.44. The molecule has 0 aromatic carbocycles. The minimum atomic E-state index is -0.216. The van der Waals surface area contributed by atoms with Crippen molar-refractivity contribution in [2.75, 3.05) is 13.2 Å². The third-order valence-corrected chi connectivity index (χ3v) is 3.13. The number of furan rings is 1. The molecule has 1 aromatic rings. The highest BCUT2D eigenvalue weighted by Gasteiger charge is 2.50. The summed E-state index contributed by atoms with van der Waals surface area (Å²) in [5, 5.41) is 9.25. The summed E-state index contributed by atoms with van der Waals surface area (Å²) in [5.74, 6) is 1.15. The summed E-state index contributed by atoms with van der Waals surface area (Å²) in [6.45, 7) is 5.32. The van der Waals surface area contributed by atoms with Crippen molar-refractivity contribution in [3.8, 4) is 6.07 Å². The number of nitrogens with zero attached hydrogens (tertiary/aromatic N) is 1. The van der Waals surface area contributed by atoms with Crippen molar-refractivity contribution >= 4 is 0 Å². The summed E-state index contributed by atoms with van der Waals surface area (Å²) in [5.41, 5.74) is -0.216. The Morgan fingerprint density at radius 2 is 2.20 bits per heavy atom. The molecule has 1 aliphatic heterocycles. The summed E-state index contributed by atoms with van der Waals surface area (Å²) in [6.07, 6.45) is 1.66. The Bertz CT molecular complexity index is 357. The third-order valence-electron chi connectivity index (χ3n) is 3.13. The van der Waals surface area contributed by atoms with E-state index in [-0.39, 0.29) is 11.3 Å². The zero-order chi connectivity index (χ0) is 10.9.